The Hall–Kier alpha value is -1.49. The van der Waals surface area contributed by atoms with Gasteiger partial charge in [-0.1, -0.05) is 16.8 Å². The number of nitrogens with zero attached hydrogens (tertiary/aromatic N) is 1. The topological polar surface area (TPSA) is 74.7 Å². The highest BCUT2D eigenvalue weighted by molar-refractivity contribution is 6.34. The number of aromatic nitrogens is 1. The summed E-state index contributed by atoms with van der Waals surface area (Å²) in [5, 5.41) is 12.6. The lowest BCUT2D eigenvalue weighted by atomic mass is 10.2. The minimum absolute atomic E-state index is 0.00769. The standard InChI is InChI=1S/C8H9ClN2O3/c1-4-6(9)5(3-10-14-2)7(11-4)8(12)13/h3,11H,1-2H3,(H,12,13). The maximum Gasteiger partial charge on any atom is 0.353 e. The maximum absolute atomic E-state index is 10.8. The lowest BCUT2D eigenvalue weighted by Gasteiger charge is -1.92. The Labute approximate surface area is 85.3 Å². The van der Waals surface area contributed by atoms with Gasteiger partial charge in [0.05, 0.1) is 11.2 Å². The Morgan fingerprint density at radius 3 is 2.86 bits per heavy atom. The Kier molecular flexibility index (Phi) is 3.14. The van der Waals surface area contributed by atoms with Crippen molar-refractivity contribution in [2.75, 3.05) is 7.11 Å². The molecule has 6 heteroatoms. The van der Waals surface area contributed by atoms with Gasteiger partial charge in [-0.2, -0.15) is 0 Å². The summed E-state index contributed by atoms with van der Waals surface area (Å²) in [7, 11) is 1.37. The van der Waals surface area contributed by atoms with Gasteiger partial charge < -0.3 is 14.9 Å². The molecule has 0 aliphatic heterocycles. The summed E-state index contributed by atoms with van der Waals surface area (Å²) < 4.78 is 0. The van der Waals surface area contributed by atoms with Gasteiger partial charge in [0.2, 0.25) is 0 Å². The number of halogens is 1. The van der Waals surface area contributed by atoms with Gasteiger partial charge >= 0.3 is 5.97 Å². The number of aryl methyl sites for hydroxylation is 1. The van der Waals surface area contributed by atoms with E-state index in [1.807, 2.05) is 0 Å². The molecule has 0 amide bonds. The van der Waals surface area contributed by atoms with Crippen molar-refractivity contribution in [1.82, 2.24) is 4.98 Å². The number of nitrogens with one attached hydrogen (secondary N) is 1. The number of carboxylic acid groups (broad SMARTS) is 1. The Balaban J connectivity index is 3.23. The van der Waals surface area contributed by atoms with E-state index in [4.69, 9.17) is 16.7 Å². The summed E-state index contributed by atoms with van der Waals surface area (Å²) in [6, 6.07) is 0. The van der Waals surface area contributed by atoms with Gasteiger partial charge in [-0.05, 0) is 6.92 Å². The van der Waals surface area contributed by atoms with Crippen molar-refractivity contribution in [2.45, 2.75) is 6.92 Å². The summed E-state index contributed by atoms with van der Waals surface area (Å²) in [5.41, 5.74) is 0.911. The molecule has 2 N–H and O–H groups in total. The number of hydrogen-bond acceptors (Lipinski definition) is 3. The molecule has 1 aromatic rings. The lowest BCUT2D eigenvalue weighted by Crippen LogP contribution is -2.00. The molecule has 0 saturated carbocycles. The molecular weight excluding hydrogens is 208 g/mol. The van der Waals surface area contributed by atoms with E-state index in [1.165, 1.54) is 13.3 Å². The fourth-order valence-corrected chi connectivity index (χ4v) is 1.21. The molecule has 0 fully saturated rings. The molecule has 0 spiro atoms. The van der Waals surface area contributed by atoms with Crippen LogP contribution in [-0.2, 0) is 4.84 Å². The summed E-state index contributed by atoms with van der Waals surface area (Å²) in [6.45, 7) is 1.68. The normalized spacial score (nSPS) is 10.8. The van der Waals surface area contributed by atoms with Gasteiger partial charge in [-0.15, -0.1) is 0 Å². The molecule has 1 heterocycles. The summed E-state index contributed by atoms with van der Waals surface area (Å²) in [5.74, 6) is -1.09. The predicted octanol–water partition coefficient (Wildman–Crippen LogP) is 1.66. The smallest absolute Gasteiger partial charge is 0.353 e. The van der Waals surface area contributed by atoms with E-state index in [0.717, 1.165) is 0 Å². The molecule has 0 bridgehead atoms. The summed E-state index contributed by atoms with van der Waals surface area (Å²) >= 11 is 5.85. The minimum atomic E-state index is -1.09. The first kappa shape index (κ1) is 10.6. The number of rotatable bonds is 3. The maximum atomic E-state index is 10.8. The van der Waals surface area contributed by atoms with Crippen molar-refractivity contribution in [3.8, 4) is 0 Å². The quantitative estimate of drug-likeness (QED) is 0.596. The van der Waals surface area contributed by atoms with Crippen LogP contribution < -0.4 is 0 Å². The number of aromatic carboxylic acids is 1. The number of aromatic amines is 1. The Morgan fingerprint density at radius 2 is 2.36 bits per heavy atom. The molecule has 0 atom stereocenters. The third kappa shape index (κ3) is 1.88. The predicted molar refractivity (Wildman–Crippen MR) is 52.1 cm³/mol. The van der Waals surface area contributed by atoms with E-state index in [0.29, 0.717) is 16.3 Å². The monoisotopic (exact) mass is 216 g/mol. The van der Waals surface area contributed by atoms with Gasteiger partial charge in [-0.3, -0.25) is 0 Å². The number of carbonyl (C=O) groups is 1. The van der Waals surface area contributed by atoms with Gasteiger partial charge in [0.25, 0.3) is 0 Å². The van der Waals surface area contributed by atoms with E-state index < -0.39 is 5.97 Å². The molecular formula is C8H9ClN2O3. The Morgan fingerprint density at radius 1 is 1.71 bits per heavy atom. The van der Waals surface area contributed by atoms with E-state index in [9.17, 15) is 4.79 Å². The average molecular weight is 217 g/mol. The second-order valence-electron chi connectivity index (χ2n) is 2.57. The average Bonchev–Trinajstić information content (AvgIpc) is 2.41. The number of H-pyrrole nitrogens is 1. The van der Waals surface area contributed by atoms with Crippen LogP contribution in [0.1, 0.15) is 21.7 Å². The van der Waals surface area contributed by atoms with Crippen molar-refractivity contribution >= 4 is 23.8 Å². The van der Waals surface area contributed by atoms with Crippen LogP contribution in [0.25, 0.3) is 0 Å². The summed E-state index contributed by atoms with van der Waals surface area (Å²) in [6.07, 6.45) is 1.26. The van der Waals surface area contributed by atoms with Crippen LogP contribution in [0.3, 0.4) is 0 Å². The molecule has 0 radical (unpaired) electrons. The molecule has 0 saturated heterocycles. The van der Waals surface area contributed by atoms with Gasteiger partial charge in [0, 0.05) is 11.3 Å². The SMILES string of the molecule is CON=Cc1c(C(=O)O)[nH]c(C)c1Cl. The highest BCUT2D eigenvalue weighted by Gasteiger charge is 2.17. The van der Waals surface area contributed by atoms with Crippen molar-refractivity contribution < 1.29 is 14.7 Å². The molecule has 5 nitrogen and oxygen atoms in total. The lowest BCUT2D eigenvalue weighted by molar-refractivity contribution is 0.0691. The first-order valence-corrected chi connectivity index (χ1v) is 4.13. The fraction of sp³-hybridized carbons (Fsp3) is 0.250. The number of hydrogen-bond donors (Lipinski definition) is 2. The zero-order chi connectivity index (χ0) is 10.7. The second-order valence-corrected chi connectivity index (χ2v) is 2.95. The van der Waals surface area contributed by atoms with E-state index in [2.05, 4.69) is 15.0 Å². The van der Waals surface area contributed by atoms with Crippen molar-refractivity contribution in [3.05, 3.63) is 22.0 Å². The molecule has 0 unspecified atom stereocenters. The van der Waals surface area contributed by atoms with Gasteiger partial charge in [0.15, 0.2) is 0 Å². The van der Waals surface area contributed by atoms with Crippen molar-refractivity contribution in [1.29, 1.82) is 0 Å². The first-order chi connectivity index (χ1) is 6.57. The molecule has 0 aromatic carbocycles. The largest absolute Gasteiger partial charge is 0.477 e. The van der Waals surface area contributed by atoms with Crippen LogP contribution in [0.4, 0.5) is 0 Å². The van der Waals surface area contributed by atoms with Crippen LogP contribution in [0.15, 0.2) is 5.16 Å². The molecule has 1 aromatic heterocycles. The van der Waals surface area contributed by atoms with E-state index in [1.54, 1.807) is 6.92 Å². The van der Waals surface area contributed by atoms with Crippen molar-refractivity contribution in [3.63, 3.8) is 0 Å². The third-order valence-electron chi connectivity index (χ3n) is 1.65. The summed E-state index contributed by atoms with van der Waals surface area (Å²) in [4.78, 5) is 17.8. The zero-order valence-corrected chi connectivity index (χ0v) is 8.42. The third-order valence-corrected chi connectivity index (χ3v) is 2.14. The number of carboxylic acids is 1. The highest BCUT2D eigenvalue weighted by atomic mass is 35.5. The molecule has 0 aliphatic rings. The zero-order valence-electron chi connectivity index (χ0n) is 7.67. The van der Waals surface area contributed by atoms with Crippen LogP contribution in [-0.4, -0.2) is 29.4 Å². The van der Waals surface area contributed by atoms with Crippen LogP contribution in [0.5, 0.6) is 0 Å². The minimum Gasteiger partial charge on any atom is -0.477 e. The fourth-order valence-electron chi connectivity index (χ4n) is 1.02. The van der Waals surface area contributed by atoms with E-state index >= 15 is 0 Å². The molecule has 76 valence electrons. The molecule has 14 heavy (non-hydrogen) atoms. The van der Waals surface area contributed by atoms with Crippen molar-refractivity contribution in [2.24, 2.45) is 5.16 Å². The number of oxime groups is 1. The molecule has 0 aliphatic carbocycles. The Bertz CT molecular complexity index is 384. The van der Waals surface area contributed by atoms with E-state index in [-0.39, 0.29) is 5.69 Å². The highest BCUT2D eigenvalue weighted by Crippen LogP contribution is 2.22. The van der Waals surface area contributed by atoms with Gasteiger partial charge in [0.1, 0.15) is 12.8 Å². The first-order valence-electron chi connectivity index (χ1n) is 3.75. The second kappa shape index (κ2) is 4.15. The van der Waals surface area contributed by atoms with Crippen LogP contribution in [0, 0.1) is 6.92 Å². The van der Waals surface area contributed by atoms with Gasteiger partial charge in [-0.25, -0.2) is 4.79 Å². The van der Waals surface area contributed by atoms with Crippen LogP contribution >= 0.6 is 11.6 Å². The molecule has 1 rings (SSSR count). The van der Waals surface area contributed by atoms with Crippen LogP contribution in [0.2, 0.25) is 5.02 Å².